The molecule has 1 N–H and O–H groups in total. The highest BCUT2D eigenvalue weighted by Gasteiger charge is 2.61. The van der Waals surface area contributed by atoms with Crippen LogP contribution in [0.3, 0.4) is 0 Å². The van der Waals surface area contributed by atoms with E-state index in [2.05, 4.69) is 0 Å². The van der Waals surface area contributed by atoms with Crippen LogP contribution in [0.4, 0.5) is 0 Å². The Bertz CT molecular complexity index is 1750. The van der Waals surface area contributed by atoms with Gasteiger partial charge in [-0.15, -0.1) is 0 Å². The Morgan fingerprint density at radius 1 is 1.08 bits per heavy atom. The maximum absolute atomic E-state index is 14.6. The number of rotatable bonds is 13. The van der Waals surface area contributed by atoms with Crippen molar-refractivity contribution in [3.05, 3.63) is 34.5 Å². The van der Waals surface area contributed by atoms with Crippen molar-refractivity contribution in [3.63, 3.8) is 0 Å². The van der Waals surface area contributed by atoms with Crippen LogP contribution >= 0.6 is 11.6 Å². The molecule has 11 heteroatoms. The zero-order valence-electron chi connectivity index (χ0n) is 30.8. The van der Waals surface area contributed by atoms with Crippen LogP contribution in [0.1, 0.15) is 98.6 Å². The number of amides is 1. The summed E-state index contributed by atoms with van der Waals surface area (Å²) in [6, 6.07) is 4.46. The molecule has 8 atom stereocenters. The monoisotopic (exact) mass is 722 g/mol. The van der Waals surface area contributed by atoms with Crippen LogP contribution in [-0.4, -0.2) is 70.5 Å². The predicted molar refractivity (Wildman–Crippen MR) is 194 cm³/mol. The van der Waals surface area contributed by atoms with Gasteiger partial charge in [-0.1, -0.05) is 51.3 Å². The number of methoxy groups -OCH3 is 1. The number of carbonyl (C=O) groups excluding carboxylic acids is 3. The number of nitrogens with zero attached hydrogens (tertiary/aromatic N) is 2. The number of aliphatic carboxylic acids is 1. The third kappa shape index (κ3) is 7.62. The minimum atomic E-state index is -1.12. The molecule has 1 aromatic carbocycles. The lowest BCUT2D eigenvalue weighted by Gasteiger charge is -2.35. The molecule has 4 fully saturated rings. The standard InChI is InChI=1S/C40H51ClN2O8/c1-8-24-18-40(24,38(47)48)19-31(44)30-16-27(50-33-15-25(11-21(2)3)42-36-28(33)9-10-32(49-7)35(36)41)20-43(30)37(46)29(39(4,5)6)17-34(45)51-26-13-22-12-23(22)14-26/h9-11,15,22-24,26-27,29-30H,8,12-14,16-20H2,1-7H3,(H,47,48)/t22-,23+,24-,26?,27-,29?,30+,40-/m1/s1. The Labute approximate surface area is 305 Å². The van der Waals surface area contributed by atoms with Gasteiger partial charge in [0.1, 0.15) is 28.7 Å². The Morgan fingerprint density at radius 2 is 1.78 bits per heavy atom. The van der Waals surface area contributed by atoms with Crippen LogP contribution in [0, 0.1) is 34.5 Å². The molecule has 6 rings (SSSR count). The average molecular weight is 723 g/mol. The second-order valence-corrected chi connectivity index (χ2v) is 17.0. The quantitative estimate of drug-likeness (QED) is 0.209. The molecule has 3 aliphatic carbocycles. The van der Waals surface area contributed by atoms with E-state index < -0.39 is 40.8 Å². The van der Waals surface area contributed by atoms with Gasteiger partial charge in [0, 0.05) is 24.3 Å². The fourth-order valence-electron chi connectivity index (χ4n) is 8.48. The number of halogens is 1. The van der Waals surface area contributed by atoms with Crippen molar-refractivity contribution in [3.8, 4) is 11.5 Å². The molecule has 2 heterocycles. The van der Waals surface area contributed by atoms with Crippen molar-refractivity contribution in [2.24, 2.45) is 34.5 Å². The summed E-state index contributed by atoms with van der Waals surface area (Å²) in [4.78, 5) is 60.8. The number of carboxylic acids is 1. The van der Waals surface area contributed by atoms with Crippen molar-refractivity contribution < 1.29 is 38.5 Å². The van der Waals surface area contributed by atoms with E-state index in [1.165, 1.54) is 18.4 Å². The third-order valence-corrected chi connectivity index (χ3v) is 12.0. The first-order valence-corrected chi connectivity index (χ1v) is 18.7. The predicted octanol–water partition coefficient (Wildman–Crippen LogP) is 7.52. The second-order valence-electron chi connectivity index (χ2n) is 16.6. The number of allylic oxidation sites excluding steroid dienone is 1. The molecule has 4 aliphatic rings. The number of likely N-dealkylation sites (tertiary alicyclic amines) is 1. The minimum absolute atomic E-state index is 0.0891. The van der Waals surface area contributed by atoms with Gasteiger partial charge in [0.25, 0.3) is 0 Å². The van der Waals surface area contributed by atoms with Gasteiger partial charge in [0.05, 0.1) is 48.7 Å². The van der Waals surface area contributed by atoms with Crippen molar-refractivity contribution in [2.75, 3.05) is 13.7 Å². The Morgan fingerprint density at radius 3 is 2.37 bits per heavy atom. The zero-order chi connectivity index (χ0) is 37.0. The number of hydrogen-bond donors (Lipinski definition) is 1. The number of fused-ring (bicyclic) bond motifs is 2. The van der Waals surface area contributed by atoms with E-state index in [1.807, 2.05) is 59.8 Å². The molecule has 51 heavy (non-hydrogen) atoms. The number of carbonyl (C=O) groups is 4. The largest absolute Gasteiger partial charge is 0.495 e. The van der Waals surface area contributed by atoms with Crippen molar-refractivity contribution >= 4 is 52.2 Å². The number of aromatic nitrogens is 1. The maximum atomic E-state index is 14.6. The molecule has 0 spiro atoms. The van der Waals surface area contributed by atoms with Gasteiger partial charge in [-0.25, -0.2) is 4.98 Å². The van der Waals surface area contributed by atoms with Crippen LogP contribution in [-0.2, 0) is 23.9 Å². The van der Waals surface area contributed by atoms with Crippen LogP contribution < -0.4 is 9.47 Å². The first kappa shape index (κ1) is 37.1. The molecule has 0 radical (unpaired) electrons. The molecule has 1 aromatic heterocycles. The zero-order valence-corrected chi connectivity index (χ0v) is 31.5. The summed E-state index contributed by atoms with van der Waals surface area (Å²) in [6.07, 6.45) is 5.18. The van der Waals surface area contributed by atoms with Crippen LogP contribution in [0.25, 0.3) is 17.0 Å². The number of carboxylic acid groups (broad SMARTS) is 1. The van der Waals surface area contributed by atoms with Gasteiger partial charge in [-0.3, -0.25) is 19.2 Å². The summed E-state index contributed by atoms with van der Waals surface area (Å²) in [5.74, 6) is -0.602. The fraction of sp³-hybridized carbons (Fsp3) is 0.625. The summed E-state index contributed by atoms with van der Waals surface area (Å²) in [5.41, 5.74) is 0.394. The summed E-state index contributed by atoms with van der Waals surface area (Å²) in [7, 11) is 1.53. The highest BCUT2D eigenvalue weighted by Crippen LogP contribution is 2.58. The Balaban J connectivity index is 1.30. The van der Waals surface area contributed by atoms with E-state index >= 15 is 0 Å². The van der Waals surface area contributed by atoms with Crippen molar-refractivity contribution in [2.45, 2.75) is 111 Å². The van der Waals surface area contributed by atoms with E-state index in [-0.39, 0.29) is 49.5 Å². The molecule has 1 amide bonds. The number of ether oxygens (including phenoxy) is 3. The molecular formula is C40H51ClN2O8. The van der Waals surface area contributed by atoms with Crippen LogP contribution in [0.5, 0.6) is 11.5 Å². The average Bonchev–Trinajstić information content (AvgIpc) is 3.86. The summed E-state index contributed by atoms with van der Waals surface area (Å²) in [6.45, 7) is 11.7. The second kappa shape index (κ2) is 14.1. The number of pyridine rings is 1. The van der Waals surface area contributed by atoms with Gasteiger partial charge in [0.2, 0.25) is 5.91 Å². The summed E-state index contributed by atoms with van der Waals surface area (Å²) in [5, 5.41) is 11.1. The number of benzene rings is 1. The minimum Gasteiger partial charge on any atom is -0.495 e. The number of Topliss-reactive ketones (excluding diaryl/α,β-unsaturated/α-hetero) is 1. The van der Waals surface area contributed by atoms with E-state index in [9.17, 15) is 24.3 Å². The molecular weight excluding hydrogens is 672 g/mol. The lowest BCUT2D eigenvalue weighted by atomic mass is 9.77. The van der Waals surface area contributed by atoms with Gasteiger partial charge in [0.15, 0.2) is 5.78 Å². The third-order valence-electron chi connectivity index (χ3n) is 11.6. The molecule has 1 saturated heterocycles. The maximum Gasteiger partial charge on any atom is 0.310 e. The highest BCUT2D eigenvalue weighted by atomic mass is 35.5. The topological polar surface area (TPSA) is 132 Å². The van der Waals surface area contributed by atoms with Crippen LogP contribution in [0.2, 0.25) is 5.02 Å². The van der Waals surface area contributed by atoms with Gasteiger partial charge >= 0.3 is 11.9 Å². The van der Waals surface area contributed by atoms with Crippen molar-refractivity contribution in [1.82, 2.24) is 9.88 Å². The first-order valence-electron chi connectivity index (χ1n) is 18.3. The normalized spacial score (nSPS) is 28.5. The first-order chi connectivity index (χ1) is 24.0. The number of esters is 1. The van der Waals surface area contributed by atoms with E-state index in [4.69, 9.17) is 30.8 Å². The molecule has 1 aliphatic heterocycles. The number of ketones is 1. The number of hydrogen-bond acceptors (Lipinski definition) is 8. The van der Waals surface area contributed by atoms with Gasteiger partial charge < -0.3 is 24.2 Å². The molecule has 2 unspecified atom stereocenters. The molecule has 2 aromatic rings. The SMILES string of the molecule is CC[C@@H]1C[C@]1(CC(=O)[C@@H]1C[C@@H](Oc2cc(C=C(C)C)nc3c(Cl)c(OC)ccc23)CN1C(=O)C(CC(=O)OC1C[C@@H]2C[C@@H]2C1)C(C)(C)C)C(=O)O. The molecule has 276 valence electrons. The smallest absolute Gasteiger partial charge is 0.310 e. The summed E-state index contributed by atoms with van der Waals surface area (Å²) < 4.78 is 18.0. The van der Waals surface area contributed by atoms with Crippen LogP contribution in [0.15, 0.2) is 23.8 Å². The Kier molecular flexibility index (Phi) is 10.2. The fourth-order valence-corrected chi connectivity index (χ4v) is 8.77. The van der Waals surface area contributed by atoms with Gasteiger partial charge in [-0.05, 0) is 80.9 Å². The Hall–Kier alpha value is -3.66. The van der Waals surface area contributed by atoms with Gasteiger partial charge in [-0.2, -0.15) is 0 Å². The highest BCUT2D eigenvalue weighted by molar-refractivity contribution is 6.36. The van der Waals surface area contributed by atoms with E-state index in [1.54, 1.807) is 6.07 Å². The van der Waals surface area contributed by atoms with Crippen molar-refractivity contribution in [1.29, 1.82) is 0 Å². The molecule has 10 nitrogen and oxygen atoms in total. The molecule has 0 bridgehead atoms. The lowest BCUT2D eigenvalue weighted by molar-refractivity contribution is -0.157. The van der Waals surface area contributed by atoms with E-state index in [0.29, 0.717) is 57.8 Å². The molecule has 3 saturated carbocycles. The van der Waals surface area contributed by atoms with E-state index in [0.717, 1.165) is 18.4 Å². The summed E-state index contributed by atoms with van der Waals surface area (Å²) >= 11 is 6.72. The lowest BCUT2D eigenvalue weighted by Crippen LogP contribution is -2.48.